The largest absolute Gasteiger partial charge is 0.493 e. The van der Waals surface area contributed by atoms with Crippen molar-refractivity contribution in [2.45, 2.75) is 19.9 Å². The van der Waals surface area contributed by atoms with Gasteiger partial charge in [0.2, 0.25) is 5.88 Å². The topological polar surface area (TPSA) is 93.2 Å². The number of carbonyl (C=O) groups excluding carboxylic acids is 2. The Kier molecular flexibility index (Phi) is 6.06. The minimum atomic E-state index is -0.485. The number of carbonyl (C=O) groups is 2. The number of aromatic hydroxyl groups is 1. The molecule has 1 amide bonds. The van der Waals surface area contributed by atoms with Gasteiger partial charge in [0, 0.05) is 10.4 Å². The summed E-state index contributed by atoms with van der Waals surface area (Å²) in [5.41, 5.74) is 1.47. The average molecular weight is 400 g/mol. The number of fused-ring (bicyclic) bond motifs is 1. The van der Waals surface area contributed by atoms with Crippen molar-refractivity contribution in [3.8, 4) is 5.88 Å². The van der Waals surface area contributed by atoms with Gasteiger partial charge in [0.25, 0.3) is 5.91 Å². The molecule has 3 aromatic rings. The molecular formula is C20H18ClN3O4. The maximum absolute atomic E-state index is 12.1. The molecule has 0 aliphatic carbocycles. The average Bonchev–Trinajstić information content (AvgIpc) is 2.94. The van der Waals surface area contributed by atoms with Crippen LogP contribution in [0.4, 0.5) is 5.69 Å². The van der Waals surface area contributed by atoms with E-state index < -0.39 is 11.9 Å². The third-order valence-electron chi connectivity index (χ3n) is 4.04. The fraction of sp³-hybridized carbons (Fsp3) is 0.200. The van der Waals surface area contributed by atoms with E-state index in [2.05, 4.69) is 10.2 Å². The first-order valence-corrected chi connectivity index (χ1v) is 9.02. The van der Waals surface area contributed by atoms with Gasteiger partial charge in [-0.05, 0) is 30.7 Å². The van der Waals surface area contributed by atoms with Gasteiger partial charge in [-0.15, -0.1) is 10.2 Å². The molecule has 0 unspecified atom stereocenters. The van der Waals surface area contributed by atoms with Crippen LogP contribution in [0.3, 0.4) is 0 Å². The third kappa shape index (κ3) is 4.37. The van der Waals surface area contributed by atoms with Crippen molar-refractivity contribution in [2.24, 2.45) is 10.2 Å². The van der Waals surface area contributed by atoms with Crippen LogP contribution < -0.4 is 0 Å². The minimum absolute atomic E-state index is 0.0584. The summed E-state index contributed by atoms with van der Waals surface area (Å²) in [5.74, 6) is -1.21. The van der Waals surface area contributed by atoms with Crippen LogP contribution in [0.25, 0.3) is 10.9 Å². The number of amides is 1. The Morgan fingerprint density at radius 2 is 1.86 bits per heavy atom. The Labute approximate surface area is 166 Å². The minimum Gasteiger partial charge on any atom is -0.493 e. The third-order valence-corrected chi connectivity index (χ3v) is 4.29. The Bertz CT molecular complexity index is 1040. The molecule has 28 heavy (non-hydrogen) atoms. The van der Waals surface area contributed by atoms with Gasteiger partial charge in [-0.3, -0.25) is 14.2 Å². The molecule has 0 atom stereocenters. The van der Waals surface area contributed by atoms with Gasteiger partial charge in [-0.2, -0.15) is 0 Å². The highest BCUT2D eigenvalue weighted by atomic mass is 35.5. The van der Waals surface area contributed by atoms with Gasteiger partial charge in [0.05, 0.1) is 18.5 Å². The number of rotatable bonds is 6. The number of nitrogens with zero attached hydrogens (tertiary/aromatic N) is 3. The van der Waals surface area contributed by atoms with Crippen molar-refractivity contribution in [3.63, 3.8) is 0 Å². The van der Waals surface area contributed by atoms with Gasteiger partial charge in [-0.25, -0.2) is 0 Å². The molecule has 0 aliphatic rings. The van der Waals surface area contributed by atoms with Crippen LogP contribution in [0.1, 0.15) is 12.5 Å². The van der Waals surface area contributed by atoms with Crippen LogP contribution in [0.5, 0.6) is 5.88 Å². The van der Waals surface area contributed by atoms with Crippen LogP contribution >= 0.6 is 11.6 Å². The van der Waals surface area contributed by atoms with Gasteiger partial charge >= 0.3 is 5.97 Å². The second kappa shape index (κ2) is 8.67. The van der Waals surface area contributed by atoms with E-state index in [1.807, 2.05) is 0 Å². The van der Waals surface area contributed by atoms with Gasteiger partial charge in [-0.1, -0.05) is 41.9 Å². The predicted octanol–water partition coefficient (Wildman–Crippen LogP) is 4.42. The van der Waals surface area contributed by atoms with E-state index in [1.165, 1.54) is 4.57 Å². The summed E-state index contributed by atoms with van der Waals surface area (Å²) in [6.45, 7) is 1.77. The molecule has 0 radical (unpaired) electrons. The van der Waals surface area contributed by atoms with Crippen molar-refractivity contribution in [3.05, 3.63) is 59.1 Å². The van der Waals surface area contributed by atoms with E-state index >= 15 is 0 Å². The second-order valence-corrected chi connectivity index (χ2v) is 6.41. The fourth-order valence-corrected chi connectivity index (χ4v) is 2.91. The number of hydrogen-bond acceptors (Lipinski definition) is 5. The summed E-state index contributed by atoms with van der Waals surface area (Å²) >= 11 is 5.83. The molecule has 7 nitrogen and oxygen atoms in total. The predicted molar refractivity (Wildman–Crippen MR) is 105 cm³/mol. The maximum Gasteiger partial charge on any atom is 0.326 e. The number of hydrogen-bond donors (Lipinski definition) is 1. The highest BCUT2D eigenvalue weighted by Gasteiger charge is 2.19. The number of azo groups is 1. The number of aromatic nitrogens is 1. The molecular weight excluding hydrogens is 382 g/mol. The lowest BCUT2D eigenvalue weighted by Gasteiger charge is -2.06. The molecule has 3 rings (SSSR count). The van der Waals surface area contributed by atoms with E-state index in [0.29, 0.717) is 15.9 Å². The summed E-state index contributed by atoms with van der Waals surface area (Å²) in [6.07, 6.45) is 0.0584. The van der Waals surface area contributed by atoms with E-state index in [4.69, 9.17) is 16.3 Å². The van der Waals surface area contributed by atoms with Crippen LogP contribution in [0, 0.1) is 0 Å². The summed E-state index contributed by atoms with van der Waals surface area (Å²) in [7, 11) is 0. The number of ether oxygens (including phenoxy) is 1. The van der Waals surface area contributed by atoms with Gasteiger partial charge < -0.3 is 9.84 Å². The first-order valence-electron chi connectivity index (χ1n) is 8.64. The molecule has 144 valence electrons. The van der Waals surface area contributed by atoms with E-state index in [-0.39, 0.29) is 31.1 Å². The Morgan fingerprint density at radius 3 is 2.57 bits per heavy atom. The molecule has 2 aromatic carbocycles. The zero-order chi connectivity index (χ0) is 20.1. The number of benzene rings is 2. The molecule has 1 N–H and O–H groups in total. The van der Waals surface area contributed by atoms with Crippen LogP contribution in [-0.2, 0) is 27.3 Å². The molecule has 0 fully saturated rings. The van der Waals surface area contributed by atoms with Crippen molar-refractivity contribution in [2.75, 3.05) is 6.61 Å². The summed E-state index contributed by atoms with van der Waals surface area (Å²) in [4.78, 5) is 24.0. The lowest BCUT2D eigenvalue weighted by Crippen LogP contribution is -2.12. The Morgan fingerprint density at radius 1 is 1.14 bits per heavy atom. The van der Waals surface area contributed by atoms with Gasteiger partial charge in [0.1, 0.15) is 6.54 Å². The SMILES string of the molecule is CCOC(=O)Cn1c(O)c(N=NC(=O)Cc2ccc(Cl)cc2)c2ccccc21. The van der Waals surface area contributed by atoms with E-state index in [9.17, 15) is 14.7 Å². The summed E-state index contributed by atoms with van der Waals surface area (Å²) < 4.78 is 6.32. The fourth-order valence-electron chi connectivity index (χ4n) is 2.78. The Balaban J connectivity index is 1.86. The van der Waals surface area contributed by atoms with Crippen molar-refractivity contribution >= 4 is 40.1 Å². The summed E-state index contributed by atoms with van der Waals surface area (Å²) in [5, 5.41) is 19.4. The van der Waals surface area contributed by atoms with E-state index in [0.717, 1.165) is 5.56 Å². The molecule has 0 saturated carbocycles. The number of esters is 1. The van der Waals surface area contributed by atoms with Crippen LogP contribution in [0.15, 0.2) is 58.8 Å². The molecule has 1 aromatic heterocycles. The standard InChI is InChI=1S/C20H18ClN3O4/c1-2-28-18(26)12-24-16-6-4-3-5-15(16)19(20(24)27)23-22-17(25)11-13-7-9-14(21)10-8-13/h3-10,27H,2,11-12H2,1H3. The number of halogens is 1. The molecule has 0 aliphatic heterocycles. The van der Waals surface area contributed by atoms with E-state index in [1.54, 1.807) is 55.5 Å². The molecule has 0 spiro atoms. The molecule has 0 saturated heterocycles. The molecule has 8 heteroatoms. The smallest absolute Gasteiger partial charge is 0.326 e. The normalized spacial score (nSPS) is 11.2. The van der Waals surface area contributed by atoms with Crippen molar-refractivity contribution in [1.82, 2.24) is 4.57 Å². The lowest BCUT2D eigenvalue weighted by atomic mass is 10.1. The quantitative estimate of drug-likeness (QED) is 0.490. The number of para-hydroxylation sites is 1. The van der Waals surface area contributed by atoms with Crippen molar-refractivity contribution < 1.29 is 19.4 Å². The molecule has 0 bridgehead atoms. The highest BCUT2D eigenvalue weighted by molar-refractivity contribution is 6.30. The van der Waals surface area contributed by atoms with Crippen molar-refractivity contribution in [1.29, 1.82) is 0 Å². The summed E-state index contributed by atoms with van der Waals surface area (Å²) in [6, 6.07) is 13.9. The monoisotopic (exact) mass is 399 g/mol. The second-order valence-electron chi connectivity index (χ2n) is 5.98. The van der Waals surface area contributed by atoms with Crippen LogP contribution in [0.2, 0.25) is 5.02 Å². The maximum atomic E-state index is 12.1. The molecule has 1 heterocycles. The zero-order valence-corrected chi connectivity index (χ0v) is 15.9. The first-order chi connectivity index (χ1) is 13.5. The first kappa shape index (κ1) is 19.6. The van der Waals surface area contributed by atoms with Gasteiger partial charge in [0.15, 0.2) is 5.69 Å². The lowest BCUT2D eigenvalue weighted by molar-refractivity contribution is -0.143. The zero-order valence-electron chi connectivity index (χ0n) is 15.1. The van der Waals surface area contributed by atoms with Crippen LogP contribution in [-0.4, -0.2) is 28.2 Å². The highest BCUT2D eigenvalue weighted by Crippen LogP contribution is 2.38. The Hall–Kier alpha value is -3.19.